The molecule has 0 unspecified atom stereocenters. The molecule has 0 amide bonds. The van der Waals surface area contributed by atoms with Gasteiger partial charge in [-0.25, -0.2) is 9.37 Å². The molecule has 2 heterocycles. The van der Waals surface area contributed by atoms with E-state index in [1.807, 2.05) is 30.3 Å². The van der Waals surface area contributed by atoms with Gasteiger partial charge in [-0.05, 0) is 23.8 Å². The number of thioether (sulfide) groups is 1. The monoisotopic (exact) mass is 383 g/mol. The summed E-state index contributed by atoms with van der Waals surface area (Å²) in [5.41, 5.74) is 2.73. The van der Waals surface area contributed by atoms with Crippen LogP contribution in [0.25, 0.3) is 21.9 Å². The molecule has 0 aliphatic carbocycles. The Morgan fingerprint density at radius 2 is 2.07 bits per heavy atom. The molecule has 0 aliphatic heterocycles. The standard InChI is InChI=1S/C20H18FN3O2S/c1-26-10-9-24-19(25)18-17(15-7-2-3-8-16(15)22-18)23-20(24)27-12-13-5-4-6-14(21)11-13/h2-8,11,22H,9-10,12H2,1H3. The average Bonchev–Trinajstić information content (AvgIpc) is 3.05. The van der Waals surface area contributed by atoms with Crippen molar-refractivity contribution in [3.8, 4) is 0 Å². The van der Waals surface area contributed by atoms with Gasteiger partial charge in [0.15, 0.2) is 5.16 Å². The zero-order valence-electron chi connectivity index (χ0n) is 14.7. The van der Waals surface area contributed by atoms with Gasteiger partial charge in [0.1, 0.15) is 16.9 Å². The molecule has 0 saturated carbocycles. The highest BCUT2D eigenvalue weighted by Crippen LogP contribution is 2.26. The molecular formula is C20H18FN3O2S. The molecule has 7 heteroatoms. The predicted octanol–water partition coefficient (Wildman–Crippen LogP) is 3.96. The van der Waals surface area contributed by atoms with E-state index in [0.29, 0.717) is 35.1 Å². The maximum Gasteiger partial charge on any atom is 0.278 e. The van der Waals surface area contributed by atoms with E-state index in [-0.39, 0.29) is 11.4 Å². The van der Waals surface area contributed by atoms with Gasteiger partial charge in [-0.15, -0.1) is 0 Å². The molecule has 0 aliphatic rings. The number of benzene rings is 2. The largest absolute Gasteiger partial charge is 0.383 e. The van der Waals surface area contributed by atoms with E-state index < -0.39 is 0 Å². The van der Waals surface area contributed by atoms with Crippen LogP contribution in [0.2, 0.25) is 0 Å². The van der Waals surface area contributed by atoms with Crippen molar-refractivity contribution in [1.29, 1.82) is 0 Å². The number of para-hydroxylation sites is 1. The summed E-state index contributed by atoms with van der Waals surface area (Å²) in [5, 5.41) is 1.51. The fourth-order valence-corrected chi connectivity index (χ4v) is 4.00. The summed E-state index contributed by atoms with van der Waals surface area (Å²) in [6.07, 6.45) is 0. The average molecular weight is 383 g/mol. The molecule has 27 heavy (non-hydrogen) atoms. The number of fused-ring (bicyclic) bond motifs is 3. The Labute approximate surface area is 159 Å². The number of ether oxygens (including phenoxy) is 1. The predicted molar refractivity (Wildman–Crippen MR) is 106 cm³/mol. The SMILES string of the molecule is COCCn1c(SCc2cccc(F)c2)nc2c([nH]c3ccccc32)c1=O. The number of methoxy groups -OCH3 is 1. The van der Waals surface area contributed by atoms with Crippen molar-refractivity contribution < 1.29 is 9.13 Å². The lowest BCUT2D eigenvalue weighted by Gasteiger charge is -2.11. The lowest BCUT2D eigenvalue weighted by molar-refractivity contribution is 0.183. The van der Waals surface area contributed by atoms with E-state index in [4.69, 9.17) is 9.72 Å². The van der Waals surface area contributed by atoms with E-state index in [1.165, 1.54) is 23.9 Å². The molecule has 0 bridgehead atoms. The van der Waals surface area contributed by atoms with Crippen molar-refractivity contribution in [1.82, 2.24) is 14.5 Å². The third-order valence-corrected chi connectivity index (χ3v) is 5.40. The number of hydrogen-bond donors (Lipinski definition) is 1. The number of aromatic amines is 1. The normalized spacial score (nSPS) is 11.5. The van der Waals surface area contributed by atoms with Crippen LogP contribution in [0.3, 0.4) is 0 Å². The molecule has 0 saturated heterocycles. The first kappa shape index (κ1) is 17.8. The highest BCUT2D eigenvalue weighted by atomic mass is 32.2. The second kappa shape index (κ2) is 7.54. The van der Waals surface area contributed by atoms with Crippen molar-refractivity contribution in [2.45, 2.75) is 17.5 Å². The molecule has 1 N–H and O–H groups in total. The molecular weight excluding hydrogens is 365 g/mol. The van der Waals surface area contributed by atoms with Crippen LogP contribution >= 0.6 is 11.8 Å². The number of rotatable bonds is 6. The van der Waals surface area contributed by atoms with E-state index in [0.717, 1.165) is 16.5 Å². The Bertz CT molecular complexity index is 1170. The number of halogens is 1. The number of hydrogen-bond acceptors (Lipinski definition) is 4. The van der Waals surface area contributed by atoms with Crippen LogP contribution in [-0.2, 0) is 17.0 Å². The highest BCUT2D eigenvalue weighted by Gasteiger charge is 2.16. The first-order valence-electron chi connectivity index (χ1n) is 8.55. The van der Waals surface area contributed by atoms with E-state index >= 15 is 0 Å². The fraction of sp³-hybridized carbons (Fsp3) is 0.200. The fourth-order valence-electron chi connectivity index (χ4n) is 3.04. The molecule has 4 rings (SSSR count). The minimum Gasteiger partial charge on any atom is -0.383 e. The zero-order valence-corrected chi connectivity index (χ0v) is 15.6. The molecule has 0 radical (unpaired) electrons. The van der Waals surface area contributed by atoms with Gasteiger partial charge in [0.25, 0.3) is 5.56 Å². The van der Waals surface area contributed by atoms with Crippen LogP contribution in [0.15, 0.2) is 58.5 Å². The summed E-state index contributed by atoms with van der Waals surface area (Å²) in [6.45, 7) is 0.806. The van der Waals surface area contributed by atoms with E-state index in [2.05, 4.69) is 4.98 Å². The van der Waals surface area contributed by atoms with Crippen LogP contribution in [0.5, 0.6) is 0 Å². The Morgan fingerprint density at radius 3 is 2.89 bits per heavy atom. The lowest BCUT2D eigenvalue weighted by atomic mass is 10.2. The van der Waals surface area contributed by atoms with Crippen LogP contribution in [-0.4, -0.2) is 28.3 Å². The van der Waals surface area contributed by atoms with Gasteiger partial charge in [0.05, 0.1) is 13.2 Å². The van der Waals surface area contributed by atoms with Gasteiger partial charge in [-0.2, -0.15) is 0 Å². The van der Waals surface area contributed by atoms with Crippen molar-refractivity contribution in [2.75, 3.05) is 13.7 Å². The molecule has 2 aromatic heterocycles. The topological polar surface area (TPSA) is 59.9 Å². The van der Waals surface area contributed by atoms with Crippen molar-refractivity contribution in [3.05, 3.63) is 70.3 Å². The first-order valence-corrected chi connectivity index (χ1v) is 9.53. The quantitative estimate of drug-likeness (QED) is 0.404. The third kappa shape index (κ3) is 3.48. The van der Waals surface area contributed by atoms with Crippen LogP contribution in [0.4, 0.5) is 4.39 Å². The molecule has 4 aromatic rings. The minimum atomic E-state index is -0.273. The minimum absolute atomic E-state index is 0.130. The van der Waals surface area contributed by atoms with Crippen LogP contribution in [0.1, 0.15) is 5.56 Å². The molecule has 2 aromatic carbocycles. The maximum absolute atomic E-state index is 13.4. The second-order valence-corrected chi connectivity index (χ2v) is 7.10. The summed E-state index contributed by atoms with van der Waals surface area (Å²) in [5.74, 6) is 0.246. The molecule has 0 fully saturated rings. The van der Waals surface area contributed by atoms with Gasteiger partial charge >= 0.3 is 0 Å². The highest BCUT2D eigenvalue weighted by molar-refractivity contribution is 7.98. The first-order chi connectivity index (χ1) is 13.2. The van der Waals surface area contributed by atoms with Crippen LogP contribution in [0, 0.1) is 5.82 Å². The van der Waals surface area contributed by atoms with Crippen molar-refractivity contribution >= 4 is 33.7 Å². The Balaban J connectivity index is 1.80. The molecule has 0 atom stereocenters. The molecule has 5 nitrogen and oxygen atoms in total. The van der Waals surface area contributed by atoms with Crippen molar-refractivity contribution in [3.63, 3.8) is 0 Å². The Kier molecular flexibility index (Phi) is 4.96. The number of aromatic nitrogens is 3. The van der Waals surface area contributed by atoms with Gasteiger partial charge in [-0.1, -0.05) is 42.1 Å². The second-order valence-electron chi connectivity index (χ2n) is 6.16. The van der Waals surface area contributed by atoms with Crippen LogP contribution < -0.4 is 5.56 Å². The van der Waals surface area contributed by atoms with Crippen molar-refractivity contribution in [2.24, 2.45) is 0 Å². The summed E-state index contributed by atoms with van der Waals surface area (Å²) >= 11 is 1.42. The lowest BCUT2D eigenvalue weighted by Crippen LogP contribution is -2.25. The summed E-state index contributed by atoms with van der Waals surface area (Å²) in [6, 6.07) is 14.2. The maximum atomic E-state index is 13.4. The van der Waals surface area contributed by atoms with E-state index in [1.54, 1.807) is 17.7 Å². The Hall–Kier alpha value is -2.64. The number of nitrogens with one attached hydrogen (secondary N) is 1. The van der Waals surface area contributed by atoms with Gasteiger partial charge in [-0.3, -0.25) is 9.36 Å². The van der Waals surface area contributed by atoms with Gasteiger partial charge in [0, 0.05) is 23.8 Å². The summed E-state index contributed by atoms with van der Waals surface area (Å²) in [7, 11) is 1.60. The molecule has 0 spiro atoms. The number of nitrogens with zero attached hydrogens (tertiary/aromatic N) is 2. The summed E-state index contributed by atoms with van der Waals surface area (Å²) < 4.78 is 20.2. The molecule has 138 valence electrons. The Morgan fingerprint density at radius 1 is 1.22 bits per heavy atom. The number of H-pyrrole nitrogens is 1. The van der Waals surface area contributed by atoms with Gasteiger partial charge in [0.2, 0.25) is 0 Å². The van der Waals surface area contributed by atoms with Gasteiger partial charge < -0.3 is 9.72 Å². The smallest absolute Gasteiger partial charge is 0.278 e. The zero-order chi connectivity index (χ0) is 18.8. The summed E-state index contributed by atoms with van der Waals surface area (Å²) in [4.78, 5) is 21.0. The third-order valence-electron chi connectivity index (χ3n) is 4.35. The van der Waals surface area contributed by atoms with E-state index in [9.17, 15) is 9.18 Å².